The quantitative estimate of drug-likeness (QED) is 0.444. The SMILES string of the molecule is CCCS(=O)(=O)NCc1cccc(C2Oc3cccc(OC)c3-c3ccc(NS(C)(=O)=O)cc32)c1. The predicted molar refractivity (Wildman–Crippen MR) is 137 cm³/mol. The molecule has 0 aromatic heterocycles. The second-order valence-corrected chi connectivity index (χ2v) is 12.1. The minimum atomic E-state index is -3.47. The van der Waals surface area contributed by atoms with Crippen LogP contribution in [0.15, 0.2) is 60.7 Å². The molecule has 0 bridgehead atoms. The second-order valence-electron chi connectivity index (χ2n) is 8.39. The minimum Gasteiger partial charge on any atom is -0.496 e. The first-order valence-electron chi connectivity index (χ1n) is 11.1. The summed E-state index contributed by atoms with van der Waals surface area (Å²) in [5.41, 5.74) is 4.43. The van der Waals surface area contributed by atoms with Crippen molar-refractivity contribution in [2.75, 3.05) is 23.8 Å². The molecule has 35 heavy (non-hydrogen) atoms. The number of rotatable bonds is 9. The van der Waals surface area contributed by atoms with Crippen LogP contribution in [-0.2, 0) is 26.6 Å². The van der Waals surface area contributed by atoms with E-state index in [2.05, 4.69) is 9.44 Å². The van der Waals surface area contributed by atoms with Crippen molar-refractivity contribution < 1.29 is 26.3 Å². The molecule has 3 aromatic carbocycles. The summed E-state index contributed by atoms with van der Waals surface area (Å²) in [6.45, 7) is 1.98. The van der Waals surface area contributed by atoms with Crippen molar-refractivity contribution >= 4 is 25.7 Å². The molecule has 1 atom stereocenters. The highest BCUT2D eigenvalue weighted by Gasteiger charge is 2.30. The molecule has 1 heterocycles. The van der Waals surface area contributed by atoms with Crippen molar-refractivity contribution in [3.8, 4) is 22.6 Å². The Hall–Kier alpha value is -3.08. The molecule has 1 aliphatic rings. The Labute approximate surface area is 206 Å². The molecule has 0 spiro atoms. The maximum atomic E-state index is 12.1. The largest absolute Gasteiger partial charge is 0.496 e. The molecular weight excluding hydrogens is 488 g/mol. The average Bonchev–Trinajstić information content (AvgIpc) is 2.81. The summed E-state index contributed by atoms with van der Waals surface area (Å²) in [5.74, 6) is 1.35. The zero-order valence-electron chi connectivity index (χ0n) is 19.7. The zero-order valence-corrected chi connectivity index (χ0v) is 21.4. The molecule has 186 valence electrons. The van der Waals surface area contributed by atoms with E-state index in [0.29, 0.717) is 23.6 Å². The zero-order chi connectivity index (χ0) is 25.2. The molecule has 10 heteroatoms. The summed E-state index contributed by atoms with van der Waals surface area (Å²) in [5, 5.41) is 0. The lowest BCUT2D eigenvalue weighted by Crippen LogP contribution is -2.25. The Kier molecular flexibility index (Phi) is 7.07. The molecule has 3 aromatic rings. The summed E-state index contributed by atoms with van der Waals surface area (Å²) in [6, 6.07) is 18.4. The molecule has 0 amide bonds. The van der Waals surface area contributed by atoms with E-state index in [1.807, 2.05) is 55.5 Å². The van der Waals surface area contributed by atoms with Crippen molar-refractivity contribution in [3.63, 3.8) is 0 Å². The Morgan fingerprint density at radius 1 is 1.00 bits per heavy atom. The van der Waals surface area contributed by atoms with Crippen LogP contribution in [0.3, 0.4) is 0 Å². The third kappa shape index (κ3) is 5.77. The molecular formula is C25H28N2O6S2. The van der Waals surface area contributed by atoms with E-state index in [-0.39, 0.29) is 12.3 Å². The van der Waals surface area contributed by atoms with E-state index in [0.717, 1.165) is 34.1 Å². The Morgan fingerprint density at radius 3 is 2.49 bits per heavy atom. The fraction of sp³-hybridized carbons (Fsp3) is 0.280. The van der Waals surface area contributed by atoms with Crippen LogP contribution in [0.25, 0.3) is 11.1 Å². The normalized spacial score (nSPS) is 15.0. The monoisotopic (exact) mass is 516 g/mol. The summed E-state index contributed by atoms with van der Waals surface area (Å²) < 4.78 is 65.0. The number of fused-ring (bicyclic) bond motifs is 3. The van der Waals surface area contributed by atoms with Crippen molar-refractivity contribution in [1.29, 1.82) is 0 Å². The van der Waals surface area contributed by atoms with Crippen molar-refractivity contribution in [2.24, 2.45) is 0 Å². The molecule has 0 saturated heterocycles. The van der Waals surface area contributed by atoms with Gasteiger partial charge in [0.25, 0.3) is 0 Å². The van der Waals surface area contributed by atoms with Gasteiger partial charge >= 0.3 is 0 Å². The van der Waals surface area contributed by atoms with Gasteiger partial charge < -0.3 is 9.47 Å². The highest BCUT2D eigenvalue weighted by molar-refractivity contribution is 7.92. The van der Waals surface area contributed by atoms with Gasteiger partial charge in [0, 0.05) is 17.8 Å². The number of hydrogen-bond acceptors (Lipinski definition) is 6. The number of methoxy groups -OCH3 is 1. The van der Waals surface area contributed by atoms with Crippen molar-refractivity contribution in [2.45, 2.75) is 26.0 Å². The van der Waals surface area contributed by atoms with Gasteiger partial charge in [-0.15, -0.1) is 0 Å². The fourth-order valence-electron chi connectivity index (χ4n) is 4.17. The topological polar surface area (TPSA) is 111 Å². The first-order chi connectivity index (χ1) is 16.6. The maximum absolute atomic E-state index is 12.1. The Morgan fingerprint density at radius 2 is 1.77 bits per heavy atom. The lowest BCUT2D eigenvalue weighted by molar-refractivity contribution is 0.242. The van der Waals surface area contributed by atoms with Crippen LogP contribution in [0, 0.1) is 0 Å². The van der Waals surface area contributed by atoms with Gasteiger partial charge in [0.1, 0.15) is 17.6 Å². The van der Waals surface area contributed by atoms with Crippen LogP contribution < -0.4 is 18.9 Å². The first kappa shape index (κ1) is 25.0. The lowest BCUT2D eigenvalue weighted by Gasteiger charge is -2.30. The second kappa shape index (κ2) is 9.88. The average molecular weight is 517 g/mol. The first-order valence-corrected chi connectivity index (χ1v) is 14.7. The van der Waals surface area contributed by atoms with Gasteiger partial charge in [-0.3, -0.25) is 4.72 Å². The lowest BCUT2D eigenvalue weighted by atomic mass is 9.88. The van der Waals surface area contributed by atoms with Gasteiger partial charge in [-0.05, 0) is 47.4 Å². The van der Waals surface area contributed by atoms with E-state index < -0.39 is 26.2 Å². The molecule has 0 aliphatic carbocycles. The molecule has 4 rings (SSSR count). The van der Waals surface area contributed by atoms with Crippen LogP contribution in [0.1, 0.15) is 36.1 Å². The number of ether oxygens (including phenoxy) is 2. The summed E-state index contributed by atoms with van der Waals surface area (Å²) >= 11 is 0. The number of anilines is 1. The predicted octanol–water partition coefficient (Wildman–Crippen LogP) is 4.04. The smallest absolute Gasteiger partial charge is 0.229 e. The molecule has 0 saturated carbocycles. The van der Waals surface area contributed by atoms with E-state index in [4.69, 9.17) is 9.47 Å². The van der Waals surface area contributed by atoms with Gasteiger partial charge in [0.15, 0.2) is 0 Å². The number of benzene rings is 3. The van der Waals surface area contributed by atoms with E-state index in [1.54, 1.807) is 19.2 Å². The van der Waals surface area contributed by atoms with Crippen LogP contribution in [0.2, 0.25) is 0 Å². The van der Waals surface area contributed by atoms with Crippen molar-refractivity contribution in [3.05, 3.63) is 77.4 Å². The van der Waals surface area contributed by atoms with Gasteiger partial charge in [-0.2, -0.15) is 0 Å². The summed E-state index contributed by atoms with van der Waals surface area (Å²) in [4.78, 5) is 0. The van der Waals surface area contributed by atoms with Crippen LogP contribution in [0.5, 0.6) is 11.5 Å². The van der Waals surface area contributed by atoms with Gasteiger partial charge in [0.2, 0.25) is 20.0 Å². The Balaban J connectivity index is 1.77. The Bertz CT molecular complexity index is 1450. The highest BCUT2D eigenvalue weighted by Crippen LogP contribution is 2.49. The van der Waals surface area contributed by atoms with Crippen LogP contribution >= 0.6 is 0 Å². The maximum Gasteiger partial charge on any atom is 0.229 e. The van der Waals surface area contributed by atoms with Gasteiger partial charge in [0.05, 0.1) is 24.7 Å². The van der Waals surface area contributed by atoms with Crippen molar-refractivity contribution in [1.82, 2.24) is 4.72 Å². The molecule has 8 nitrogen and oxygen atoms in total. The van der Waals surface area contributed by atoms with E-state index >= 15 is 0 Å². The third-order valence-corrected chi connectivity index (χ3v) is 7.72. The van der Waals surface area contributed by atoms with Crippen LogP contribution in [-0.4, -0.2) is 36.0 Å². The number of nitrogens with one attached hydrogen (secondary N) is 2. The van der Waals surface area contributed by atoms with Gasteiger partial charge in [-0.25, -0.2) is 21.6 Å². The summed E-state index contributed by atoms with van der Waals surface area (Å²) in [6.07, 6.45) is 1.09. The summed E-state index contributed by atoms with van der Waals surface area (Å²) in [7, 11) is -5.23. The molecule has 2 N–H and O–H groups in total. The molecule has 0 radical (unpaired) electrons. The van der Waals surface area contributed by atoms with Crippen LogP contribution in [0.4, 0.5) is 5.69 Å². The van der Waals surface area contributed by atoms with E-state index in [9.17, 15) is 16.8 Å². The van der Waals surface area contributed by atoms with Gasteiger partial charge in [-0.1, -0.05) is 43.3 Å². The molecule has 1 unspecified atom stereocenters. The molecule has 0 fully saturated rings. The number of sulfonamides is 2. The van der Waals surface area contributed by atoms with E-state index in [1.165, 1.54) is 0 Å². The fourth-order valence-corrected chi connectivity index (χ4v) is 5.79. The highest BCUT2D eigenvalue weighted by atomic mass is 32.2. The minimum absolute atomic E-state index is 0.0700. The third-order valence-electron chi connectivity index (χ3n) is 5.58. The molecule has 1 aliphatic heterocycles. The standard InChI is InChI=1S/C25H28N2O6S2/c1-4-13-35(30,31)26-16-17-7-5-8-18(14-17)25-21-15-19(27-34(3,28)29)11-12-20(21)24-22(32-2)9-6-10-23(24)33-25/h5-12,14-15,25-27H,4,13,16H2,1-3H3. The number of hydrogen-bond donors (Lipinski definition) is 2.